The van der Waals surface area contributed by atoms with E-state index in [1.807, 2.05) is 48.7 Å². The number of benzene rings is 3. The SMILES string of the molecule is Cn1c2c(c(=O)n(C)c1=O)C(c1cn(-c3ccccc3)nc1-c1ccc(Cl)cc1)N(c1cccc([N+](=O)[O-])c1)C=N2. The minimum absolute atomic E-state index is 0.119. The van der Waals surface area contributed by atoms with Crippen molar-refractivity contribution in [2.75, 3.05) is 4.90 Å². The average molecular weight is 568 g/mol. The Kier molecular flexibility index (Phi) is 6.35. The van der Waals surface area contributed by atoms with Crippen LogP contribution in [0.1, 0.15) is 17.2 Å². The number of rotatable bonds is 5. The molecule has 2 aromatic heterocycles. The van der Waals surface area contributed by atoms with E-state index < -0.39 is 22.2 Å². The van der Waals surface area contributed by atoms with Crippen molar-refractivity contribution >= 4 is 35.1 Å². The summed E-state index contributed by atoms with van der Waals surface area (Å²) >= 11 is 6.19. The Bertz CT molecular complexity index is 1960. The van der Waals surface area contributed by atoms with Gasteiger partial charge in [0.15, 0.2) is 0 Å². The molecule has 1 aliphatic heterocycles. The van der Waals surface area contributed by atoms with Crippen molar-refractivity contribution in [1.82, 2.24) is 18.9 Å². The Morgan fingerprint density at radius 1 is 0.902 bits per heavy atom. The van der Waals surface area contributed by atoms with Gasteiger partial charge in [-0.15, -0.1) is 0 Å². The number of para-hydroxylation sites is 1. The van der Waals surface area contributed by atoms with E-state index in [0.29, 0.717) is 22.0 Å². The van der Waals surface area contributed by atoms with E-state index in [2.05, 4.69) is 4.99 Å². The van der Waals surface area contributed by atoms with Crippen LogP contribution in [0.15, 0.2) is 99.6 Å². The monoisotopic (exact) mass is 567 g/mol. The molecule has 12 heteroatoms. The maximum absolute atomic E-state index is 13.8. The highest BCUT2D eigenvalue weighted by Crippen LogP contribution is 2.42. The molecule has 3 aromatic carbocycles. The van der Waals surface area contributed by atoms with Crippen LogP contribution in [0.2, 0.25) is 5.02 Å². The molecule has 0 saturated carbocycles. The Hall–Kier alpha value is -5.29. The van der Waals surface area contributed by atoms with Crippen molar-refractivity contribution in [3.05, 3.63) is 132 Å². The summed E-state index contributed by atoms with van der Waals surface area (Å²) in [6, 6.07) is 21.9. The molecule has 11 nitrogen and oxygen atoms in total. The number of nitrogens with zero attached hydrogens (tertiary/aromatic N) is 7. The number of fused-ring (bicyclic) bond motifs is 1. The summed E-state index contributed by atoms with van der Waals surface area (Å²) in [6.07, 6.45) is 3.30. The molecule has 0 saturated heterocycles. The van der Waals surface area contributed by atoms with Gasteiger partial charge in [0.25, 0.3) is 11.2 Å². The highest BCUT2D eigenvalue weighted by Gasteiger charge is 2.36. The predicted molar refractivity (Wildman–Crippen MR) is 157 cm³/mol. The number of hydrogen-bond acceptors (Lipinski definition) is 7. The van der Waals surface area contributed by atoms with Crippen LogP contribution in [0, 0.1) is 10.1 Å². The second kappa shape index (κ2) is 10.0. The third kappa shape index (κ3) is 4.42. The lowest BCUT2D eigenvalue weighted by Crippen LogP contribution is -2.44. The molecular weight excluding hydrogens is 546 g/mol. The fourth-order valence-corrected chi connectivity index (χ4v) is 5.12. The van der Waals surface area contributed by atoms with Crippen LogP contribution in [-0.4, -0.2) is 30.2 Å². The van der Waals surface area contributed by atoms with E-state index in [9.17, 15) is 19.7 Å². The van der Waals surface area contributed by atoms with Crippen LogP contribution in [0.5, 0.6) is 0 Å². The maximum Gasteiger partial charge on any atom is 0.332 e. The molecule has 1 atom stereocenters. The molecule has 0 radical (unpaired) electrons. The van der Waals surface area contributed by atoms with Crippen LogP contribution in [0.4, 0.5) is 17.2 Å². The number of nitro benzene ring substituents is 1. The van der Waals surface area contributed by atoms with Crippen LogP contribution < -0.4 is 16.1 Å². The van der Waals surface area contributed by atoms with Crippen molar-refractivity contribution in [3.63, 3.8) is 0 Å². The zero-order valence-electron chi connectivity index (χ0n) is 21.9. The van der Waals surface area contributed by atoms with E-state index >= 15 is 0 Å². The number of non-ortho nitro benzene ring substituents is 1. The molecule has 3 heterocycles. The summed E-state index contributed by atoms with van der Waals surface area (Å²) in [5.74, 6) is 0.194. The first-order chi connectivity index (χ1) is 19.7. The second-order valence-corrected chi connectivity index (χ2v) is 9.93. The van der Waals surface area contributed by atoms with Gasteiger partial charge < -0.3 is 4.90 Å². The molecule has 0 N–H and O–H groups in total. The summed E-state index contributed by atoms with van der Waals surface area (Å²) in [5.41, 5.74) is 2.19. The second-order valence-electron chi connectivity index (χ2n) is 9.49. The summed E-state index contributed by atoms with van der Waals surface area (Å²) in [5, 5.41) is 17.1. The molecule has 1 unspecified atom stereocenters. The minimum Gasteiger partial charge on any atom is -0.320 e. The smallest absolute Gasteiger partial charge is 0.320 e. The van der Waals surface area contributed by atoms with Crippen molar-refractivity contribution in [1.29, 1.82) is 0 Å². The van der Waals surface area contributed by atoms with E-state index in [4.69, 9.17) is 16.7 Å². The van der Waals surface area contributed by atoms with Crippen LogP contribution in [-0.2, 0) is 14.1 Å². The Morgan fingerprint density at radius 2 is 1.61 bits per heavy atom. The van der Waals surface area contributed by atoms with Crippen LogP contribution in [0.25, 0.3) is 16.9 Å². The van der Waals surface area contributed by atoms with Gasteiger partial charge in [-0.25, -0.2) is 14.5 Å². The van der Waals surface area contributed by atoms with Crippen molar-refractivity contribution < 1.29 is 4.92 Å². The fourth-order valence-electron chi connectivity index (χ4n) is 5.00. The molecule has 5 aromatic rings. The van der Waals surface area contributed by atoms with Gasteiger partial charge in [0.05, 0.1) is 34.2 Å². The van der Waals surface area contributed by atoms with Crippen molar-refractivity contribution in [3.8, 4) is 16.9 Å². The van der Waals surface area contributed by atoms with Gasteiger partial charge in [0.2, 0.25) is 0 Å². The molecule has 0 bridgehead atoms. The summed E-state index contributed by atoms with van der Waals surface area (Å²) in [6.45, 7) is 0. The quantitative estimate of drug-likeness (QED) is 0.223. The average Bonchev–Trinajstić information content (AvgIpc) is 3.44. The van der Waals surface area contributed by atoms with E-state index in [1.165, 1.54) is 30.1 Å². The lowest BCUT2D eigenvalue weighted by atomic mass is 9.94. The zero-order chi connectivity index (χ0) is 28.8. The zero-order valence-corrected chi connectivity index (χ0v) is 22.6. The van der Waals surface area contributed by atoms with Gasteiger partial charge in [-0.1, -0.05) is 48.0 Å². The third-order valence-electron chi connectivity index (χ3n) is 7.04. The number of anilines is 1. The van der Waals surface area contributed by atoms with Gasteiger partial charge in [0.1, 0.15) is 5.82 Å². The molecule has 204 valence electrons. The maximum atomic E-state index is 13.8. The topological polar surface area (TPSA) is 121 Å². The molecule has 41 heavy (non-hydrogen) atoms. The van der Waals surface area contributed by atoms with Gasteiger partial charge in [0, 0.05) is 54.3 Å². The highest BCUT2D eigenvalue weighted by molar-refractivity contribution is 6.30. The Labute approximate surface area is 238 Å². The number of hydrogen-bond donors (Lipinski definition) is 0. The van der Waals surface area contributed by atoms with E-state index in [1.54, 1.807) is 40.9 Å². The largest absolute Gasteiger partial charge is 0.332 e. The lowest BCUT2D eigenvalue weighted by Gasteiger charge is -2.34. The van der Waals surface area contributed by atoms with Gasteiger partial charge in [-0.2, -0.15) is 5.10 Å². The number of aliphatic imine (C=N–C) groups is 1. The molecule has 0 spiro atoms. The molecule has 0 amide bonds. The molecule has 6 rings (SSSR count). The third-order valence-corrected chi connectivity index (χ3v) is 7.29. The summed E-state index contributed by atoms with van der Waals surface area (Å²) in [4.78, 5) is 43.9. The van der Waals surface area contributed by atoms with Gasteiger partial charge >= 0.3 is 5.69 Å². The minimum atomic E-state index is -0.849. The first-order valence-corrected chi connectivity index (χ1v) is 12.9. The first kappa shape index (κ1) is 26.0. The highest BCUT2D eigenvalue weighted by atomic mass is 35.5. The Balaban J connectivity index is 1.68. The lowest BCUT2D eigenvalue weighted by molar-refractivity contribution is -0.384. The van der Waals surface area contributed by atoms with Gasteiger partial charge in [-0.3, -0.25) is 24.0 Å². The van der Waals surface area contributed by atoms with Crippen molar-refractivity contribution in [2.45, 2.75) is 6.04 Å². The van der Waals surface area contributed by atoms with Crippen LogP contribution >= 0.6 is 11.6 Å². The van der Waals surface area contributed by atoms with E-state index in [0.717, 1.165) is 15.8 Å². The normalized spacial score (nSPS) is 14.2. The first-order valence-electron chi connectivity index (χ1n) is 12.5. The fraction of sp³-hybridized carbons (Fsp3) is 0.103. The van der Waals surface area contributed by atoms with Gasteiger partial charge in [-0.05, 0) is 30.3 Å². The number of halogens is 1. The molecular formula is C29H22ClN7O4. The number of nitro groups is 1. The molecule has 0 aliphatic carbocycles. The summed E-state index contributed by atoms with van der Waals surface area (Å²) < 4.78 is 4.05. The van der Waals surface area contributed by atoms with E-state index in [-0.39, 0.29) is 17.1 Å². The predicted octanol–water partition coefficient (Wildman–Crippen LogP) is 4.77. The standard InChI is InChI=1S/C29H22ClN7O4/c1-33-27-24(28(38)34(2)29(33)39)26(35(17-31-27)21-9-6-10-22(15-21)37(40)41)23-16-36(20-7-4-3-5-8-20)32-25(23)18-11-13-19(30)14-12-18/h3-17,26H,1-2H3. The van der Waals surface area contributed by atoms with Crippen LogP contribution in [0.3, 0.4) is 0 Å². The van der Waals surface area contributed by atoms with Crippen molar-refractivity contribution in [2.24, 2.45) is 19.1 Å². The summed E-state index contributed by atoms with van der Waals surface area (Å²) in [7, 11) is 2.96. The Morgan fingerprint density at radius 3 is 2.32 bits per heavy atom. The number of aromatic nitrogens is 4. The molecule has 1 aliphatic rings. The molecule has 0 fully saturated rings.